The molecule has 0 bridgehead atoms. The third kappa shape index (κ3) is 3.41. The zero-order chi connectivity index (χ0) is 19.8. The number of nitrogens with zero attached hydrogens (tertiary/aromatic N) is 1. The van der Waals surface area contributed by atoms with E-state index >= 15 is 0 Å². The fourth-order valence-electron chi connectivity index (χ4n) is 4.45. The highest BCUT2D eigenvalue weighted by Gasteiger charge is 2.32. The number of rotatable bonds is 2. The molecule has 0 unspecified atom stereocenters. The summed E-state index contributed by atoms with van der Waals surface area (Å²) in [5.41, 5.74) is 4.59. The molecule has 1 heterocycles. The number of amides is 2. The van der Waals surface area contributed by atoms with Crippen molar-refractivity contribution >= 4 is 23.3 Å². The van der Waals surface area contributed by atoms with Crippen LogP contribution < -0.4 is 10.9 Å². The number of hydrogen-bond donors (Lipinski definition) is 2. The average molecular weight is 404 g/mol. The Morgan fingerprint density at radius 1 is 1.21 bits per heavy atom. The van der Waals surface area contributed by atoms with Crippen molar-refractivity contribution in [3.63, 3.8) is 0 Å². The third-order valence-corrected chi connectivity index (χ3v) is 6.14. The van der Waals surface area contributed by atoms with Crippen molar-refractivity contribution in [2.75, 3.05) is 12.4 Å². The molecule has 0 saturated carbocycles. The summed E-state index contributed by atoms with van der Waals surface area (Å²) in [5, 5.41) is 2.76. The van der Waals surface area contributed by atoms with Crippen molar-refractivity contribution in [2.45, 2.75) is 51.0 Å². The number of anilines is 1. The Morgan fingerprint density at radius 2 is 1.96 bits per heavy atom. The predicted molar refractivity (Wildman–Crippen MR) is 108 cm³/mol. The number of fused-ring (bicyclic) bond motifs is 3. The highest BCUT2D eigenvalue weighted by Crippen LogP contribution is 2.38. The molecule has 1 atom stereocenters. The molecule has 0 radical (unpaired) electrons. The first-order valence-corrected chi connectivity index (χ1v) is 10.1. The first kappa shape index (κ1) is 19.0. The normalized spacial score (nSPS) is 18.2. The quantitative estimate of drug-likeness (QED) is 0.770. The molecule has 7 heteroatoms. The zero-order valence-corrected chi connectivity index (χ0v) is 16.5. The molecule has 2 aromatic rings. The van der Waals surface area contributed by atoms with Crippen molar-refractivity contribution < 1.29 is 9.18 Å². The van der Waals surface area contributed by atoms with Crippen LogP contribution in [0.25, 0.3) is 0 Å². The number of nitrogens with one attached hydrogen (secondary N) is 2. The summed E-state index contributed by atoms with van der Waals surface area (Å²) in [6.45, 7) is 0. The van der Waals surface area contributed by atoms with Gasteiger partial charge in [-0.3, -0.25) is 4.79 Å². The van der Waals surface area contributed by atoms with E-state index in [2.05, 4.69) is 10.3 Å². The van der Waals surface area contributed by atoms with Crippen molar-refractivity contribution in [1.29, 1.82) is 0 Å². The monoisotopic (exact) mass is 403 g/mol. The summed E-state index contributed by atoms with van der Waals surface area (Å²) in [4.78, 5) is 30.1. The predicted octanol–water partition coefficient (Wildman–Crippen LogP) is 4.59. The molecular formula is C21H23ClFN3O2. The fraction of sp³-hybridized carbons (Fsp3) is 0.429. The van der Waals surface area contributed by atoms with Crippen LogP contribution in [0.4, 0.5) is 14.9 Å². The van der Waals surface area contributed by atoms with Gasteiger partial charge >= 0.3 is 6.03 Å². The summed E-state index contributed by atoms with van der Waals surface area (Å²) < 4.78 is 13.4. The van der Waals surface area contributed by atoms with Gasteiger partial charge in [0, 0.05) is 24.0 Å². The Balaban J connectivity index is 1.64. The minimum absolute atomic E-state index is 0.0298. The number of H-pyrrole nitrogens is 1. The van der Waals surface area contributed by atoms with Gasteiger partial charge < -0.3 is 15.2 Å². The lowest BCUT2D eigenvalue weighted by atomic mass is 9.81. The van der Waals surface area contributed by atoms with Crippen LogP contribution in [-0.4, -0.2) is 23.0 Å². The summed E-state index contributed by atoms with van der Waals surface area (Å²) >= 11 is 5.81. The number of carbonyl (C=O) groups excluding carboxylic acids is 1. The number of urea groups is 1. The minimum Gasteiger partial charge on any atom is -0.326 e. The number of aryl methyl sites for hydroxylation is 1. The topological polar surface area (TPSA) is 65.2 Å². The maximum Gasteiger partial charge on any atom is 0.322 e. The number of hydrogen-bond acceptors (Lipinski definition) is 2. The van der Waals surface area contributed by atoms with Gasteiger partial charge in [0.15, 0.2) is 0 Å². The molecule has 0 saturated heterocycles. The van der Waals surface area contributed by atoms with E-state index in [4.69, 9.17) is 11.6 Å². The third-order valence-electron chi connectivity index (χ3n) is 5.85. The van der Waals surface area contributed by atoms with E-state index in [-0.39, 0.29) is 22.7 Å². The standard InChI is InChI=1S/C21H23ClFN3O2/c1-26(21(28)24-12-9-10-16(23)15(22)11-12)18-8-4-7-17-19(18)13-5-2-3-6-14(13)20(27)25-17/h9-11,18H,2-8H2,1H3,(H,24,28)(H,25,27)/t18-/m1/s1. The number of pyridine rings is 1. The largest absolute Gasteiger partial charge is 0.326 e. The Labute approximate surface area is 167 Å². The van der Waals surface area contributed by atoms with E-state index in [9.17, 15) is 14.0 Å². The molecule has 4 rings (SSSR count). The number of halogens is 2. The lowest BCUT2D eigenvalue weighted by Gasteiger charge is -2.36. The van der Waals surface area contributed by atoms with Crippen molar-refractivity contribution in [3.05, 3.63) is 61.8 Å². The van der Waals surface area contributed by atoms with Gasteiger partial charge in [-0.25, -0.2) is 9.18 Å². The lowest BCUT2D eigenvalue weighted by Crippen LogP contribution is -2.38. The van der Waals surface area contributed by atoms with Gasteiger partial charge in [-0.15, -0.1) is 0 Å². The highest BCUT2D eigenvalue weighted by molar-refractivity contribution is 6.31. The first-order valence-electron chi connectivity index (χ1n) is 9.71. The van der Waals surface area contributed by atoms with Gasteiger partial charge in [0.2, 0.25) is 0 Å². The molecule has 1 aromatic heterocycles. The number of aromatic nitrogens is 1. The molecular weight excluding hydrogens is 381 g/mol. The minimum atomic E-state index is -0.523. The van der Waals surface area contributed by atoms with Gasteiger partial charge in [-0.2, -0.15) is 0 Å². The van der Waals surface area contributed by atoms with Crippen LogP contribution in [0.5, 0.6) is 0 Å². The van der Waals surface area contributed by atoms with Gasteiger partial charge in [-0.1, -0.05) is 11.6 Å². The fourth-order valence-corrected chi connectivity index (χ4v) is 4.63. The Kier molecular flexibility index (Phi) is 5.15. The number of benzene rings is 1. The summed E-state index contributed by atoms with van der Waals surface area (Å²) in [6, 6.07) is 3.74. The van der Waals surface area contributed by atoms with Gasteiger partial charge in [0.1, 0.15) is 5.82 Å². The molecule has 0 spiro atoms. The first-order chi connectivity index (χ1) is 13.5. The average Bonchev–Trinajstić information content (AvgIpc) is 2.70. The van der Waals surface area contributed by atoms with E-state index in [0.29, 0.717) is 5.69 Å². The maximum atomic E-state index is 13.4. The summed E-state index contributed by atoms with van der Waals surface area (Å²) in [6.07, 6.45) is 6.37. The van der Waals surface area contributed by atoms with Gasteiger partial charge in [0.25, 0.3) is 5.56 Å². The van der Waals surface area contributed by atoms with Gasteiger partial charge in [-0.05, 0) is 74.3 Å². The lowest BCUT2D eigenvalue weighted by molar-refractivity contribution is 0.196. The van der Waals surface area contributed by atoms with E-state index in [0.717, 1.165) is 67.3 Å². The van der Waals surface area contributed by atoms with Crippen molar-refractivity contribution in [3.8, 4) is 0 Å². The van der Waals surface area contributed by atoms with E-state index in [1.807, 2.05) is 0 Å². The van der Waals surface area contributed by atoms with Crippen LogP contribution in [0, 0.1) is 5.82 Å². The van der Waals surface area contributed by atoms with Gasteiger partial charge in [0.05, 0.1) is 11.1 Å². The molecule has 2 amide bonds. The maximum absolute atomic E-state index is 13.4. The van der Waals surface area contributed by atoms with Crippen LogP contribution >= 0.6 is 11.6 Å². The number of carbonyl (C=O) groups is 1. The second-order valence-electron chi connectivity index (χ2n) is 7.59. The Morgan fingerprint density at radius 3 is 2.71 bits per heavy atom. The molecule has 2 aliphatic rings. The SMILES string of the molecule is CN(C(=O)Nc1ccc(F)c(Cl)c1)[C@@H]1CCCc2[nH]c(=O)c3c(c21)CCCC3. The van der Waals surface area contributed by atoms with Crippen molar-refractivity contribution in [2.24, 2.45) is 0 Å². The molecule has 28 heavy (non-hydrogen) atoms. The van der Waals surface area contributed by atoms with Crippen LogP contribution in [0.2, 0.25) is 5.02 Å². The smallest absolute Gasteiger partial charge is 0.322 e. The van der Waals surface area contributed by atoms with Crippen LogP contribution in [0.15, 0.2) is 23.0 Å². The van der Waals surface area contributed by atoms with Crippen LogP contribution in [-0.2, 0) is 19.3 Å². The van der Waals surface area contributed by atoms with E-state index in [1.54, 1.807) is 11.9 Å². The number of aromatic amines is 1. The van der Waals surface area contributed by atoms with E-state index in [1.165, 1.54) is 18.2 Å². The highest BCUT2D eigenvalue weighted by atomic mass is 35.5. The molecule has 2 N–H and O–H groups in total. The Hall–Kier alpha value is -2.34. The summed E-state index contributed by atoms with van der Waals surface area (Å²) in [5.74, 6) is -0.523. The molecule has 148 valence electrons. The van der Waals surface area contributed by atoms with Crippen LogP contribution in [0.3, 0.4) is 0 Å². The second kappa shape index (κ2) is 7.59. The van der Waals surface area contributed by atoms with Crippen LogP contribution in [0.1, 0.15) is 54.1 Å². The molecule has 5 nitrogen and oxygen atoms in total. The molecule has 0 fully saturated rings. The van der Waals surface area contributed by atoms with Crippen molar-refractivity contribution in [1.82, 2.24) is 9.88 Å². The Bertz CT molecular complexity index is 988. The summed E-state index contributed by atoms with van der Waals surface area (Å²) in [7, 11) is 1.76. The second-order valence-corrected chi connectivity index (χ2v) is 8.00. The van der Waals surface area contributed by atoms with E-state index < -0.39 is 5.82 Å². The molecule has 0 aliphatic heterocycles. The zero-order valence-electron chi connectivity index (χ0n) is 15.8. The molecule has 2 aliphatic carbocycles. The molecule has 1 aromatic carbocycles.